The predicted molar refractivity (Wildman–Crippen MR) is 95.2 cm³/mol. The van der Waals surface area contributed by atoms with Gasteiger partial charge in [-0.2, -0.15) is 0 Å². The monoisotopic (exact) mass is 412 g/mol. The molecule has 1 aliphatic heterocycles. The number of nitroso groups, excluding NO2 is 1. The summed E-state index contributed by atoms with van der Waals surface area (Å²) < 4.78 is 26.9. The summed E-state index contributed by atoms with van der Waals surface area (Å²) in [6, 6.07) is 3.50. The van der Waals surface area contributed by atoms with Crippen LogP contribution in [0.25, 0.3) is 0 Å². The minimum atomic E-state index is -2.69. The summed E-state index contributed by atoms with van der Waals surface area (Å²) >= 11 is 3.33. The molecule has 1 aliphatic rings. The smallest absolute Gasteiger partial charge is 0.282 e. The van der Waals surface area contributed by atoms with Crippen molar-refractivity contribution in [2.24, 2.45) is 5.18 Å². The third kappa shape index (κ3) is 3.26. The lowest BCUT2D eigenvalue weighted by molar-refractivity contribution is -0.0267. The molecule has 0 radical (unpaired) electrons. The fraction of sp³-hybridized carbons (Fsp3) is 0.333. The van der Waals surface area contributed by atoms with Gasteiger partial charge in [0.15, 0.2) is 0 Å². The van der Waals surface area contributed by atoms with Gasteiger partial charge in [-0.15, -0.1) is 4.91 Å². The molecule has 3 heterocycles. The molecule has 2 aromatic rings. The Balaban J connectivity index is 1.92. The number of halogens is 3. The third-order valence-corrected chi connectivity index (χ3v) is 4.66. The zero-order valence-corrected chi connectivity index (χ0v) is 14.8. The first kappa shape index (κ1) is 17.5. The van der Waals surface area contributed by atoms with Crippen molar-refractivity contribution in [3.05, 3.63) is 38.5 Å². The summed E-state index contributed by atoms with van der Waals surface area (Å²) in [6.07, 6.45) is 0.304. The summed E-state index contributed by atoms with van der Waals surface area (Å²) in [7, 11) is 0. The summed E-state index contributed by atoms with van der Waals surface area (Å²) in [4.78, 5) is 20.7. The second-order valence-electron chi connectivity index (χ2n) is 5.91. The van der Waals surface area contributed by atoms with Gasteiger partial charge in [0.1, 0.15) is 11.5 Å². The molecule has 4 N–H and O–H groups in total. The maximum Gasteiger partial charge on any atom is 0.282 e. The Morgan fingerprint density at radius 3 is 2.56 bits per heavy atom. The highest BCUT2D eigenvalue weighted by molar-refractivity contribution is 9.10. The molecular formula is C15H15BrF2N6O. The van der Waals surface area contributed by atoms with Crippen LogP contribution < -0.4 is 16.4 Å². The van der Waals surface area contributed by atoms with E-state index >= 15 is 0 Å². The van der Waals surface area contributed by atoms with Crippen molar-refractivity contribution in [3.8, 4) is 0 Å². The molecule has 132 valence electrons. The molecule has 0 saturated carbocycles. The number of hydrogen-bond donors (Lipinski definition) is 2. The fourth-order valence-electron chi connectivity index (χ4n) is 2.69. The SMILES string of the molecule is Cc1nc(N=O)c(N)c(N)c1Cc1ccc(Br)c(N2CC(F)(F)C2)n1. The number of nitrogen functional groups attached to an aromatic ring is 2. The normalized spacial score (nSPS) is 15.8. The average Bonchev–Trinajstić information content (AvgIpc) is 2.54. The molecule has 0 unspecified atom stereocenters. The first-order chi connectivity index (χ1) is 11.7. The summed E-state index contributed by atoms with van der Waals surface area (Å²) in [5.74, 6) is -2.38. The van der Waals surface area contributed by atoms with E-state index < -0.39 is 5.92 Å². The van der Waals surface area contributed by atoms with Crippen LogP contribution in [0.3, 0.4) is 0 Å². The number of alkyl halides is 2. The van der Waals surface area contributed by atoms with Gasteiger partial charge in [-0.3, -0.25) is 0 Å². The zero-order chi connectivity index (χ0) is 18.4. The summed E-state index contributed by atoms with van der Waals surface area (Å²) in [5.41, 5.74) is 13.8. The van der Waals surface area contributed by atoms with Gasteiger partial charge in [0.2, 0.25) is 5.82 Å². The van der Waals surface area contributed by atoms with E-state index in [9.17, 15) is 13.7 Å². The van der Waals surface area contributed by atoms with Crippen molar-refractivity contribution in [1.82, 2.24) is 9.97 Å². The lowest BCUT2D eigenvalue weighted by Gasteiger charge is -2.40. The van der Waals surface area contributed by atoms with Crippen molar-refractivity contribution in [2.75, 3.05) is 29.5 Å². The Morgan fingerprint density at radius 2 is 1.96 bits per heavy atom. The summed E-state index contributed by atoms with van der Waals surface area (Å²) in [6.45, 7) is 0.963. The van der Waals surface area contributed by atoms with Gasteiger partial charge >= 0.3 is 0 Å². The molecular weight excluding hydrogens is 398 g/mol. The molecule has 0 amide bonds. The van der Waals surface area contributed by atoms with Gasteiger partial charge in [-0.25, -0.2) is 18.7 Å². The van der Waals surface area contributed by atoms with Crippen molar-refractivity contribution in [1.29, 1.82) is 0 Å². The van der Waals surface area contributed by atoms with Crippen LogP contribution in [0.5, 0.6) is 0 Å². The predicted octanol–water partition coefficient (Wildman–Crippen LogP) is 3.16. The molecule has 7 nitrogen and oxygen atoms in total. The minimum Gasteiger partial charge on any atom is -0.397 e. The first-order valence-corrected chi connectivity index (χ1v) is 8.17. The Kier molecular flexibility index (Phi) is 4.31. The van der Waals surface area contributed by atoms with Crippen LogP contribution in [0.2, 0.25) is 0 Å². The van der Waals surface area contributed by atoms with Gasteiger partial charge in [-0.1, -0.05) is 0 Å². The molecule has 10 heteroatoms. The largest absolute Gasteiger partial charge is 0.397 e. The number of hydrogen-bond acceptors (Lipinski definition) is 7. The maximum atomic E-state index is 13.1. The van der Waals surface area contributed by atoms with Crippen LogP contribution in [0, 0.1) is 11.8 Å². The fourth-order valence-corrected chi connectivity index (χ4v) is 3.16. The second kappa shape index (κ2) is 6.17. The van der Waals surface area contributed by atoms with Crippen molar-refractivity contribution < 1.29 is 8.78 Å². The molecule has 3 rings (SSSR count). The Labute approximate surface area is 150 Å². The molecule has 0 aromatic carbocycles. The Morgan fingerprint density at radius 1 is 1.28 bits per heavy atom. The highest BCUT2D eigenvalue weighted by Gasteiger charge is 2.45. The van der Waals surface area contributed by atoms with E-state index in [-0.39, 0.29) is 30.3 Å². The van der Waals surface area contributed by atoms with Gasteiger partial charge in [0.05, 0.1) is 23.2 Å². The van der Waals surface area contributed by atoms with Gasteiger partial charge in [0, 0.05) is 23.4 Å². The molecule has 0 atom stereocenters. The number of nitrogens with two attached hydrogens (primary N) is 2. The highest BCUT2D eigenvalue weighted by Crippen LogP contribution is 2.36. The van der Waals surface area contributed by atoms with Gasteiger partial charge in [-0.05, 0) is 40.2 Å². The van der Waals surface area contributed by atoms with Crippen molar-refractivity contribution in [2.45, 2.75) is 19.3 Å². The number of nitrogens with zero attached hydrogens (tertiary/aromatic N) is 4. The zero-order valence-electron chi connectivity index (χ0n) is 13.3. The van der Waals surface area contributed by atoms with Crippen molar-refractivity contribution in [3.63, 3.8) is 0 Å². The van der Waals surface area contributed by atoms with E-state index in [4.69, 9.17) is 11.5 Å². The van der Waals surface area contributed by atoms with E-state index in [0.29, 0.717) is 33.7 Å². The Hall–Kier alpha value is -2.36. The molecule has 1 fully saturated rings. The van der Waals surface area contributed by atoms with Crippen LogP contribution in [0.4, 0.5) is 31.8 Å². The van der Waals surface area contributed by atoms with Crippen LogP contribution in [-0.4, -0.2) is 29.0 Å². The standard InChI is InChI=1S/C15H15BrF2N6O/c1-7-9(11(19)12(20)13(21-7)23-25)4-8-2-3-10(16)14(22-8)24-5-15(17,18)6-24/h2-3H,4-6,20H2,1H3,(H2,19,21). The first-order valence-electron chi connectivity index (χ1n) is 7.38. The lowest BCUT2D eigenvalue weighted by Crippen LogP contribution is -2.56. The number of pyridine rings is 2. The minimum absolute atomic E-state index is 0.0234. The van der Waals surface area contributed by atoms with Crippen LogP contribution in [-0.2, 0) is 6.42 Å². The summed E-state index contributed by atoms with van der Waals surface area (Å²) in [5, 5.41) is 2.76. The molecule has 25 heavy (non-hydrogen) atoms. The van der Waals surface area contributed by atoms with Crippen LogP contribution >= 0.6 is 15.9 Å². The molecule has 1 saturated heterocycles. The lowest BCUT2D eigenvalue weighted by atomic mass is 10.0. The van der Waals surface area contributed by atoms with Gasteiger partial charge in [0.25, 0.3) is 5.92 Å². The van der Waals surface area contributed by atoms with E-state index in [1.807, 2.05) is 0 Å². The van der Waals surface area contributed by atoms with Crippen LogP contribution in [0.1, 0.15) is 17.0 Å². The number of aryl methyl sites for hydroxylation is 1. The van der Waals surface area contributed by atoms with E-state index in [1.54, 1.807) is 19.1 Å². The number of rotatable bonds is 4. The third-order valence-electron chi connectivity index (χ3n) is 4.04. The average molecular weight is 413 g/mol. The molecule has 0 spiro atoms. The maximum absolute atomic E-state index is 13.1. The second-order valence-corrected chi connectivity index (χ2v) is 6.77. The number of aromatic nitrogens is 2. The van der Waals surface area contributed by atoms with E-state index in [1.165, 1.54) is 4.90 Å². The topological polar surface area (TPSA) is 110 Å². The molecule has 2 aromatic heterocycles. The van der Waals surface area contributed by atoms with Gasteiger partial charge < -0.3 is 16.4 Å². The van der Waals surface area contributed by atoms with E-state index in [0.717, 1.165) is 0 Å². The Bertz CT molecular complexity index is 852. The van der Waals surface area contributed by atoms with Crippen LogP contribution in [0.15, 0.2) is 21.8 Å². The van der Waals surface area contributed by atoms with E-state index in [2.05, 4.69) is 31.1 Å². The highest BCUT2D eigenvalue weighted by atomic mass is 79.9. The number of anilines is 3. The quantitative estimate of drug-likeness (QED) is 0.746. The molecule has 0 aliphatic carbocycles. The van der Waals surface area contributed by atoms with Crippen molar-refractivity contribution >= 4 is 38.9 Å². The molecule has 0 bridgehead atoms.